The number of hydrogen-bond acceptors (Lipinski definition) is 3. The van der Waals surface area contributed by atoms with E-state index in [1.54, 1.807) is 4.90 Å². The highest BCUT2D eigenvalue weighted by Crippen LogP contribution is 2.29. The van der Waals surface area contributed by atoms with Crippen molar-refractivity contribution in [1.82, 2.24) is 10.2 Å². The van der Waals surface area contributed by atoms with Gasteiger partial charge in [-0.15, -0.1) is 25.6 Å². The Morgan fingerprint density at radius 3 is 2.28 bits per heavy atom. The number of carbonyl (C=O) groups is 1. The molecule has 1 aromatic rings. The third-order valence-electron chi connectivity index (χ3n) is 4.90. The molecule has 0 radical (unpaired) electrons. The Labute approximate surface area is 151 Å². The van der Waals surface area contributed by atoms with Crippen molar-refractivity contribution >= 4 is 18.3 Å². The maximum atomic E-state index is 12.5. The van der Waals surface area contributed by atoms with Crippen molar-refractivity contribution in [2.45, 2.75) is 56.6 Å². The van der Waals surface area contributed by atoms with E-state index in [1.807, 2.05) is 7.05 Å². The molecule has 0 saturated carbocycles. The molecule has 2 fully saturated rings. The van der Waals surface area contributed by atoms with Crippen molar-refractivity contribution in [3.05, 3.63) is 29.8 Å². The van der Waals surface area contributed by atoms with E-state index in [-0.39, 0.29) is 36.5 Å². The molecule has 8 heteroatoms. The van der Waals surface area contributed by atoms with Crippen LogP contribution in [0.4, 0.5) is 13.2 Å². The van der Waals surface area contributed by atoms with Gasteiger partial charge in [0.15, 0.2) is 0 Å². The molecule has 25 heavy (non-hydrogen) atoms. The molecule has 1 amide bonds. The molecular formula is C17H22ClF3N2O2. The summed E-state index contributed by atoms with van der Waals surface area (Å²) in [7, 11) is 1.82. The van der Waals surface area contributed by atoms with E-state index in [2.05, 4.69) is 10.1 Å². The van der Waals surface area contributed by atoms with Crippen LogP contribution in [0.1, 0.15) is 31.2 Å². The number of nitrogens with one attached hydrogen (secondary N) is 1. The van der Waals surface area contributed by atoms with Crippen LogP contribution in [-0.4, -0.2) is 42.3 Å². The van der Waals surface area contributed by atoms with Gasteiger partial charge in [-0.3, -0.25) is 4.79 Å². The third-order valence-corrected chi connectivity index (χ3v) is 4.90. The first-order valence-corrected chi connectivity index (χ1v) is 8.16. The third kappa shape index (κ3) is 5.25. The van der Waals surface area contributed by atoms with Crippen LogP contribution in [-0.2, 0) is 11.2 Å². The zero-order chi connectivity index (χ0) is 17.3. The number of amides is 1. The summed E-state index contributed by atoms with van der Waals surface area (Å²) < 4.78 is 40.3. The number of likely N-dealkylation sites (N-methyl/N-ethyl adjacent to an activating group) is 1. The number of carbonyl (C=O) groups excluding carboxylic acids is 1. The molecule has 2 aliphatic heterocycles. The van der Waals surface area contributed by atoms with Gasteiger partial charge in [-0.05, 0) is 43.4 Å². The smallest absolute Gasteiger partial charge is 0.406 e. The molecule has 2 bridgehead atoms. The van der Waals surface area contributed by atoms with Gasteiger partial charge in [0.25, 0.3) is 0 Å². The molecule has 2 atom stereocenters. The predicted octanol–water partition coefficient (Wildman–Crippen LogP) is 3.29. The van der Waals surface area contributed by atoms with Gasteiger partial charge < -0.3 is 15.0 Å². The minimum atomic E-state index is -4.70. The van der Waals surface area contributed by atoms with Crippen molar-refractivity contribution in [3.8, 4) is 5.75 Å². The topological polar surface area (TPSA) is 41.6 Å². The number of piperidine rings is 1. The summed E-state index contributed by atoms with van der Waals surface area (Å²) in [4.78, 5) is 14.3. The molecule has 1 aromatic carbocycles. The minimum Gasteiger partial charge on any atom is -0.406 e. The van der Waals surface area contributed by atoms with E-state index >= 15 is 0 Å². The Bertz CT molecular complexity index is 583. The lowest BCUT2D eigenvalue weighted by atomic mass is 9.98. The summed E-state index contributed by atoms with van der Waals surface area (Å²) in [6.45, 7) is 0. The zero-order valence-electron chi connectivity index (χ0n) is 13.9. The van der Waals surface area contributed by atoms with Crippen molar-refractivity contribution in [2.75, 3.05) is 7.05 Å². The van der Waals surface area contributed by atoms with Crippen LogP contribution in [0.25, 0.3) is 0 Å². The fourth-order valence-electron chi connectivity index (χ4n) is 3.66. The lowest BCUT2D eigenvalue weighted by molar-refractivity contribution is -0.274. The number of fused-ring (bicyclic) bond motifs is 2. The van der Waals surface area contributed by atoms with E-state index < -0.39 is 6.36 Å². The lowest BCUT2D eigenvalue weighted by Crippen LogP contribution is -2.49. The SMILES string of the molecule is CN(C(=O)Cc1ccc(OC(F)(F)F)cc1)C1CC2CCC(C1)N2.Cl. The van der Waals surface area contributed by atoms with Crippen LogP contribution >= 0.6 is 12.4 Å². The molecule has 0 spiro atoms. The maximum Gasteiger partial charge on any atom is 0.573 e. The van der Waals surface area contributed by atoms with Crippen molar-refractivity contribution < 1.29 is 22.7 Å². The van der Waals surface area contributed by atoms with Gasteiger partial charge in [0.1, 0.15) is 5.75 Å². The normalized spacial score (nSPS) is 25.2. The van der Waals surface area contributed by atoms with E-state index in [9.17, 15) is 18.0 Å². The Morgan fingerprint density at radius 2 is 1.76 bits per heavy atom. The molecule has 2 heterocycles. The summed E-state index contributed by atoms with van der Waals surface area (Å²) >= 11 is 0. The van der Waals surface area contributed by atoms with Gasteiger partial charge in [-0.25, -0.2) is 0 Å². The number of rotatable bonds is 4. The predicted molar refractivity (Wildman–Crippen MR) is 89.8 cm³/mol. The second-order valence-electron chi connectivity index (χ2n) is 6.64. The van der Waals surface area contributed by atoms with Gasteiger partial charge >= 0.3 is 6.36 Å². The average molecular weight is 379 g/mol. The molecular weight excluding hydrogens is 357 g/mol. The molecule has 4 nitrogen and oxygen atoms in total. The van der Waals surface area contributed by atoms with E-state index in [1.165, 1.54) is 37.1 Å². The molecule has 0 aromatic heterocycles. The van der Waals surface area contributed by atoms with Crippen molar-refractivity contribution in [1.29, 1.82) is 0 Å². The van der Waals surface area contributed by atoms with E-state index in [4.69, 9.17) is 0 Å². The summed E-state index contributed by atoms with van der Waals surface area (Å²) in [6, 6.07) is 6.72. The number of nitrogens with zero attached hydrogens (tertiary/aromatic N) is 1. The number of alkyl halides is 3. The monoisotopic (exact) mass is 378 g/mol. The summed E-state index contributed by atoms with van der Waals surface area (Å²) in [6.07, 6.45) is -0.240. The number of ether oxygens (including phenoxy) is 1. The Morgan fingerprint density at radius 1 is 1.20 bits per heavy atom. The minimum absolute atomic E-state index is 0. The number of hydrogen-bond donors (Lipinski definition) is 1. The Kier molecular flexibility index (Phi) is 6.21. The van der Waals surface area contributed by atoms with Crippen LogP contribution in [0.15, 0.2) is 24.3 Å². The Balaban J connectivity index is 0.00000225. The molecule has 1 N–H and O–H groups in total. The molecule has 3 rings (SSSR count). The lowest BCUT2D eigenvalue weighted by Gasteiger charge is -2.35. The maximum absolute atomic E-state index is 12.5. The van der Waals surface area contributed by atoms with Gasteiger partial charge in [0.05, 0.1) is 6.42 Å². The molecule has 2 saturated heterocycles. The second-order valence-corrected chi connectivity index (χ2v) is 6.64. The molecule has 140 valence electrons. The van der Waals surface area contributed by atoms with Crippen LogP contribution < -0.4 is 10.1 Å². The summed E-state index contributed by atoms with van der Waals surface area (Å²) in [5, 5.41) is 3.54. The standard InChI is InChI=1S/C17H21F3N2O2.ClH/c1-22(14-9-12-4-5-13(10-14)21-12)16(23)8-11-2-6-15(7-3-11)24-17(18,19)20;/h2-3,6-7,12-14,21H,4-5,8-10H2,1H3;1H. The van der Waals surface area contributed by atoms with Crippen LogP contribution in [0.3, 0.4) is 0 Å². The first-order valence-electron chi connectivity index (χ1n) is 8.16. The molecule has 2 unspecified atom stereocenters. The highest BCUT2D eigenvalue weighted by molar-refractivity contribution is 5.85. The van der Waals surface area contributed by atoms with Crippen LogP contribution in [0.5, 0.6) is 5.75 Å². The fourth-order valence-corrected chi connectivity index (χ4v) is 3.66. The number of halogens is 4. The van der Waals surface area contributed by atoms with Gasteiger partial charge in [0, 0.05) is 25.2 Å². The van der Waals surface area contributed by atoms with Crippen LogP contribution in [0, 0.1) is 0 Å². The second kappa shape index (κ2) is 7.83. The first-order chi connectivity index (χ1) is 11.3. The molecule has 0 aliphatic carbocycles. The van der Waals surface area contributed by atoms with Gasteiger partial charge in [-0.2, -0.15) is 0 Å². The number of benzene rings is 1. The highest BCUT2D eigenvalue weighted by Gasteiger charge is 2.36. The summed E-state index contributed by atoms with van der Waals surface area (Å²) in [5.74, 6) is -0.284. The average Bonchev–Trinajstić information content (AvgIpc) is 2.85. The van der Waals surface area contributed by atoms with Crippen LogP contribution in [0.2, 0.25) is 0 Å². The van der Waals surface area contributed by atoms with Crippen molar-refractivity contribution in [3.63, 3.8) is 0 Å². The van der Waals surface area contributed by atoms with Gasteiger partial charge in [-0.1, -0.05) is 12.1 Å². The molecule has 2 aliphatic rings. The van der Waals surface area contributed by atoms with E-state index in [0.717, 1.165) is 12.8 Å². The largest absolute Gasteiger partial charge is 0.573 e. The quantitative estimate of drug-likeness (QED) is 0.874. The highest BCUT2D eigenvalue weighted by atomic mass is 35.5. The van der Waals surface area contributed by atoms with Crippen molar-refractivity contribution in [2.24, 2.45) is 0 Å². The first kappa shape index (κ1) is 19.8. The summed E-state index contributed by atoms with van der Waals surface area (Å²) in [5.41, 5.74) is 0.679. The van der Waals surface area contributed by atoms with E-state index in [0.29, 0.717) is 17.6 Å². The Hall–Kier alpha value is -1.47. The fraction of sp³-hybridized carbons (Fsp3) is 0.588. The zero-order valence-corrected chi connectivity index (χ0v) is 14.7. The van der Waals surface area contributed by atoms with Gasteiger partial charge in [0.2, 0.25) is 5.91 Å².